The molecule has 2 aromatic rings. The Morgan fingerprint density at radius 1 is 0.704 bits per heavy atom. The van der Waals surface area contributed by atoms with Crippen molar-refractivity contribution in [2.24, 2.45) is 0 Å². The van der Waals surface area contributed by atoms with Crippen molar-refractivity contribution in [1.82, 2.24) is 0 Å². The van der Waals surface area contributed by atoms with E-state index in [0.29, 0.717) is 11.5 Å². The van der Waals surface area contributed by atoms with Crippen molar-refractivity contribution in [3.05, 3.63) is 58.7 Å². The quantitative estimate of drug-likeness (QED) is 0.376. The Hall–Kier alpha value is -0.390. The summed E-state index contributed by atoms with van der Waals surface area (Å²) in [7, 11) is 15.0. The minimum atomic E-state index is -2.03. The Kier molecular flexibility index (Phi) is 15.3. The van der Waals surface area contributed by atoms with Crippen LogP contribution in [0, 0.1) is 27.7 Å². The predicted molar refractivity (Wildman–Crippen MR) is 113 cm³/mol. The molecule has 3 nitrogen and oxygen atoms in total. The second kappa shape index (κ2) is 15.5. The van der Waals surface area contributed by atoms with Crippen molar-refractivity contribution in [2.45, 2.75) is 40.5 Å². The van der Waals surface area contributed by atoms with Gasteiger partial charge in [0.15, 0.2) is 0 Å². The van der Waals surface area contributed by atoms with Gasteiger partial charge in [-0.25, -0.2) is 0 Å². The van der Waals surface area contributed by atoms with Crippen LogP contribution in [0.25, 0.3) is 0 Å². The number of halogens is 3. The molecular weight excluding hydrogens is 487 g/mol. The second-order valence-corrected chi connectivity index (χ2v) is 16.0. The van der Waals surface area contributed by atoms with E-state index in [-0.39, 0.29) is 0 Å². The molecule has 2 N–H and O–H groups in total. The van der Waals surface area contributed by atoms with Crippen LogP contribution in [0.2, 0.25) is 0 Å². The van der Waals surface area contributed by atoms with Gasteiger partial charge in [0, 0.05) is 13.2 Å². The molecule has 0 atom stereocenters. The van der Waals surface area contributed by atoms with Gasteiger partial charge in [0.25, 0.3) is 0 Å². The number of hydrogen-bond acceptors (Lipinski definition) is 3. The molecule has 0 spiro atoms. The van der Waals surface area contributed by atoms with Gasteiger partial charge in [0.1, 0.15) is 11.5 Å². The van der Waals surface area contributed by atoms with Gasteiger partial charge in [0.05, 0.1) is 0 Å². The van der Waals surface area contributed by atoms with Gasteiger partial charge in [-0.3, -0.25) is 0 Å². The van der Waals surface area contributed by atoms with E-state index in [1.807, 2.05) is 64.1 Å². The average molecular weight is 516 g/mol. The maximum absolute atomic E-state index is 9.21. The van der Waals surface area contributed by atoms with Gasteiger partial charge < -0.3 is 14.9 Å². The summed E-state index contributed by atoms with van der Waals surface area (Å²) in [5.41, 5.74) is 3.76. The third kappa shape index (κ3) is 13.4. The SMILES string of the molecule is C1CCOC1.Cc1cccc(C)c1O.Cc1cccc(C)c1O.[Cl][Nb]([Cl])[Cl]. The summed E-state index contributed by atoms with van der Waals surface area (Å²) in [5.74, 6) is 0.829. The van der Waals surface area contributed by atoms with Gasteiger partial charge in [-0.1, -0.05) is 36.4 Å². The van der Waals surface area contributed by atoms with Crippen molar-refractivity contribution in [3.8, 4) is 11.5 Å². The summed E-state index contributed by atoms with van der Waals surface area (Å²) in [5, 5.41) is 18.4. The summed E-state index contributed by atoms with van der Waals surface area (Å²) in [6.07, 6.45) is 2.56. The molecule has 0 unspecified atom stereocenters. The molecule has 1 saturated heterocycles. The van der Waals surface area contributed by atoms with Crippen molar-refractivity contribution in [3.63, 3.8) is 0 Å². The molecule has 0 amide bonds. The molecule has 27 heavy (non-hydrogen) atoms. The number of benzene rings is 2. The van der Waals surface area contributed by atoms with Crippen LogP contribution in [0.5, 0.6) is 11.5 Å². The minimum absolute atomic E-state index is 0.414. The fourth-order valence-corrected chi connectivity index (χ4v) is 2.12. The number of hydrogen-bond donors (Lipinski definition) is 2. The van der Waals surface area contributed by atoms with Crippen LogP contribution in [0.1, 0.15) is 35.1 Å². The van der Waals surface area contributed by atoms with Gasteiger partial charge in [0.2, 0.25) is 0 Å². The van der Waals surface area contributed by atoms with Crippen LogP contribution in [0.3, 0.4) is 0 Å². The summed E-state index contributed by atoms with van der Waals surface area (Å²) < 4.78 is 4.94. The van der Waals surface area contributed by atoms with Crippen LogP contribution in [-0.4, -0.2) is 23.4 Å². The van der Waals surface area contributed by atoms with Crippen molar-refractivity contribution in [2.75, 3.05) is 13.2 Å². The molecule has 0 bridgehead atoms. The fourth-order valence-electron chi connectivity index (χ4n) is 2.12. The van der Waals surface area contributed by atoms with Crippen LogP contribution < -0.4 is 0 Å². The molecular formula is C20H28Cl3NbO3. The molecule has 0 radical (unpaired) electrons. The van der Waals surface area contributed by atoms with Gasteiger partial charge in [-0.05, 0) is 62.8 Å². The number of phenols is 2. The first-order chi connectivity index (χ1) is 12.7. The first-order valence-electron chi connectivity index (χ1n) is 8.52. The fraction of sp³-hybridized carbons (Fsp3) is 0.400. The normalized spacial score (nSPS) is 12.1. The van der Waals surface area contributed by atoms with Gasteiger partial charge in [-0.15, -0.1) is 0 Å². The summed E-state index contributed by atoms with van der Waals surface area (Å²) in [6.45, 7) is 9.56. The van der Waals surface area contributed by atoms with E-state index < -0.39 is 15.2 Å². The Morgan fingerprint density at radius 2 is 0.963 bits per heavy atom. The number of phenolic OH excluding ortho intramolecular Hbond substituents is 2. The van der Waals surface area contributed by atoms with E-state index in [2.05, 4.69) is 0 Å². The number of aryl methyl sites for hydroxylation is 4. The molecule has 0 aliphatic carbocycles. The third-order valence-corrected chi connectivity index (χ3v) is 3.71. The zero-order valence-electron chi connectivity index (χ0n) is 16.2. The van der Waals surface area contributed by atoms with E-state index in [0.717, 1.165) is 35.5 Å². The first kappa shape index (κ1) is 26.6. The average Bonchev–Trinajstić information content (AvgIpc) is 3.17. The number of para-hydroxylation sites is 2. The number of ether oxygens (including phenoxy) is 1. The summed E-state index contributed by atoms with van der Waals surface area (Å²) in [4.78, 5) is 0. The summed E-state index contributed by atoms with van der Waals surface area (Å²) in [6, 6.07) is 11.4. The van der Waals surface area contributed by atoms with Crippen LogP contribution in [0.4, 0.5) is 0 Å². The second-order valence-electron chi connectivity index (χ2n) is 5.99. The first-order valence-corrected chi connectivity index (χ1v) is 17.0. The van der Waals surface area contributed by atoms with E-state index >= 15 is 0 Å². The zero-order chi connectivity index (χ0) is 20.8. The Morgan fingerprint density at radius 3 is 1.11 bits per heavy atom. The van der Waals surface area contributed by atoms with Crippen LogP contribution in [-0.2, 0) is 19.9 Å². The van der Waals surface area contributed by atoms with Crippen molar-refractivity contribution < 1.29 is 30.1 Å². The standard InChI is InChI=1S/2C8H10O.C4H8O.3ClH.Nb/c2*1-6-4-3-5-7(2)8(6)9;1-2-4-5-3-1;;;;/h2*3-5,9H,1-2H3;1-4H2;3*1H;/q;;;;;;+3/p-3. The monoisotopic (exact) mass is 514 g/mol. The topological polar surface area (TPSA) is 49.7 Å². The molecule has 2 aromatic carbocycles. The molecule has 1 aliphatic heterocycles. The third-order valence-electron chi connectivity index (χ3n) is 3.71. The molecule has 1 aliphatic rings. The predicted octanol–water partition coefficient (Wildman–Crippen LogP) is 6.88. The molecule has 152 valence electrons. The van der Waals surface area contributed by atoms with Crippen LogP contribution in [0.15, 0.2) is 36.4 Å². The zero-order valence-corrected chi connectivity index (χ0v) is 20.6. The Bertz CT molecular complexity index is 563. The number of rotatable bonds is 0. The van der Waals surface area contributed by atoms with E-state index in [9.17, 15) is 10.2 Å². The molecule has 0 saturated carbocycles. The van der Waals surface area contributed by atoms with E-state index in [4.69, 9.17) is 32.3 Å². The molecule has 0 aromatic heterocycles. The Balaban J connectivity index is 0.000000353. The maximum atomic E-state index is 9.21. The van der Waals surface area contributed by atoms with Gasteiger partial charge in [-0.2, -0.15) is 0 Å². The van der Waals surface area contributed by atoms with Crippen molar-refractivity contribution >= 4 is 27.6 Å². The van der Waals surface area contributed by atoms with Crippen LogP contribution >= 0.6 is 27.6 Å². The Labute approximate surface area is 180 Å². The molecule has 7 heteroatoms. The van der Waals surface area contributed by atoms with E-state index in [1.165, 1.54) is 12.8 Å². The summed E-state index contributed by atoms with van der Waals surface area (Å²) >= 11 is -2.03. The number of aromatic hydroxyl groups is 2. The molecule has 1 fully saturated rings. The van der Waals surface area contributed by atoms with Gasteiger partial charge >= 0.3 is 42.8 Å². The van der Waals surface area contributed by atoms with E-state index in [1.54, 1.807) is 0 Å². The molecule has 3 rings (SSSR count). The van der Waals surface area contributed by atoms with Crippen molar-refractivity contribution in [1.29, 1.82) is 0 Å². The molecule has 1 heterocycles.